The predicted octanol–water partition coefficient (Wildman–Crippen LogP) is 2.96. The van der Waals surface area contributed by atoms with Crippen molar-refractivity contribution in [2.75, 3.05) is 12.3 Å². The van der Waals surface area contributed by atoms with Crippen molar-refractivity contribution < 1.29 is 9.15 Å². The Kier molecular flexibility index (Phi) is 3.43. The molecule has 0 aliphatic carbocycles. The number of aromatic nitrogens is 3. The van der Waals surface area contributed by atoms with Crippen LogP contribution in [0.5, 0.6) is 6.01 Å². The highest BCUT2D eigenvalue weighted by Gasteiger charge is 2.13. The van der Waals surface area contributed by atoms with Crippen molar-refractivity contribution in [2.24, 2.45) is 0 Å². The second-order valence-corrected chi connectivity index (χ2v) is 4.75. The lowest BCUT2D eigenvalue weighted by Gasteiger charge is -2.04. The quantitative estimate of drug-likeness (QED) is 0.792. The van der Waals surface area contributed by atoms with Gasteiger partial charge < -0.3 is 14.9 Å². The zero-order valence-corrected chi connectivity index (χ0v) is 12.0. The lowest BCUT2D eigenvalue weighted by molar-refractivity contribution is 0.292. The Morgan fingerprint density at radius 1 is 1.24 bits per heavy atom. The molecular formula is C15H16N4O2. The van der Waals surface area contributed by atoms with Crippen LogP contribution >= 0.6 is 0 Å². The fraction of sp³-hybridized carbons (Fsp3) is 0.267. The number of anilines is 1. The first kappa shape index (κ1) is 13.4. The zero-order valence-electron chi connectivity index (χ0n) is 12.0. The van der Waals surface area contributed by atoms with Crippen molar-refractivity contribution in [1.29, 1.82) is 0 Å². The fourth-order valence-electron chi connectivity index (χ4n) is 2.06. The molecule has 0 aliphatic rings. The summed E-state index contributed by atoms with van der Waals surface area (Å²) in [6.07, 6.45) is 0.866. The van der Waals surface area contributed by atoms with Crippen molar-refractivity contribution in [3.63, 3.8) is 0 Å². The number of hydrogen-bond acceptors (Lipinski definition) is 6. The van der Waals surface area contributed by atoms with Crippen LogP contribution in [0.25, 0.3) is 22.6 Å². The van der Waals surface area contributed by atoms with Gasteiger partial charge in [0, 0.05) is 5.39 Å². The number of nitrogens with two attached hydrogens (primary N) is 1. The van der Waals surface area contributed by atoms with Gasteiger partial charge in [-0.1, -0.05) is 25.1 Å². The molecule has 2 aromatic heterocycles. The van der Waals surface area contributed by atoms with E-state index in [9.17, 15) is 0 Å². The van der Waals surface area contributed by atoms with E-state index in [-0.39, 0.29) is 12.0 Å². The Labute approximate surface area is 122 Å². The number of furan rings is 1. The van der Waals surface area contributed by atoms with Crippen molar-refractivity contribution in [3.05, 3.63) is 29.8 Å². The first-order valence-corrected chi connectivity index (χ1v) is 6.81. The van der Waals surface area contributed by atoms with E-state index in [1.54, 1.807) is 0 Å². The van der Waals surface area contributed by atoms with E-state index in [2.05, 4.69) is 15.0 Å². The van der Waals surface area contributed by atoms with Gasteiger partial charge in [0.25, 0.3) is 0 Å². The molecule has 0 aliphatic heterocycles. The summed E-state index contributed by atoms with van der Waals surface area (Å²) in [5, 5.41) is 1.00. The average Bonchev–Trinajstić information content (AvgIpc) is 2.90. The molecule has 0 unspecified atom stereocenters. The number of nitrogen functional groups attached to an aromatic ring is 1. The predicted molar refractivity (Wildman–Crippen MR) is 80.0 cm³/mol. The van der Waals surface area contributed by atoms with Gasteiger partial charge in [-0.3, -0.25) is 0 Å². The third-order valence-electron chi connectivity index (χ3n) is 3.03. The molecule has 0 saturated heterocycles. The number of aryl methyl sites for hydroxylation is 1. The van der Waals surface area contributed by atoms with Crippen molar-refractivity contribution in [2.45, 2.75) is 20.3 Å². The van der Waals surface area contributed by atoms with Gasteiger partial charge >= 0.3 is 6.01 Å². The molecule has 0 bridgehead atoms. The highest BCUT2D eigenvalue weighted by Crippen LogP contribution is 2.28. The molecule has 2 N–H and O–H groups in total. The molecule has 108 valence electrons. The number of para-hydroxylation sites is 1. The number of benzene rings is 1. The standard InChI is InChI=1S/C15H16N4O2/c1-3-7-20-15-18-13(17-14(16)19-15)11-8-10-6-4-5-9(2)12(10)21-11/h4-6,8H,3,7H2,1-2H3,(H2,16,17,18,19). The second kappa shape index (κ2) is 5.40. The summed E-state index contributed by atoms with van der Waals surface area (Å²) in [7, 11) is 0. The van der Waals surface area contributed by atoms with Crippen LogP contribution in [0.2, 0.25) is 0 Å². The SMILES string of the molecule is CCCOc1nc(N)nc(-c2cc3cccc(C)c3o2)n1. The molecule has 0 fully saturated rings. The highest BCUT2D eigenvalue weighted by atomic mass is 16.5. The summed E-state index contributed by atoms with van der Waals surface area (Å²) in [6.45, 7) is 4.53. The van der Waals surface area contributed by atoms with E-state index in [1.807, 2.05) is 38.1 Å². The minimum absolute atomic E-state index is 0.114. The molecule has 0 radical (unpaired) electrons. The van der Waals surface area contributed by atoms with Gasteiger partial charge in [-0.05, 0) is 25.0 Å². The minimum Gasteiger partial charge on any atom is -0.463 e. The van der Waals surface area contributed by atoms with E-state index >= 15 is 0 Å². The molecule has 3 rings (SSSR count). The van der Waals surface area contributed by atoms with Gasteiger partial charge in [0.2, 0.25) is 11.8 Å². The van der Waals surface area contributed by atoms with Crippen LogP contribution in [0, 0.1) is 6.92 Å². The van der Waals surface area contributed by atoms with E-state index < -0.39 is 0 Å². The molecule has 3 aromatic rings. The smallest absolute Gasteiger partial charge is 0.321 e. The van der Waals surface area contributed by atoms with E-state index in [1.165, 1.54) is 0 Å². The molecule has 0 amide bonds. The Balaban J connectivity index is 2.05. The van der Waals surface area contributed by atoms with E-state index in [4.69, 9.17) is 14.9 Å². The Morgan fingerprint density at radius 3 is 2.86 bits per heavy atom. The van der Waals surface area contributed by atoms with Crippen LogP contribution in [-0.2, 0) is 0 Å². The summed E-state index contributed by atoms with van der Waals surface area (Å²) >= 11 is 0. The minimum atomic E-state index is 0.114. The topological polar surface area (TPSA) is 87.1 Å². The third-order valence-corrected chi connectivity index (χ3v) is 3.03. The van der Waals surface area contributed by atoms with Crippen LogP contribution in [-0.4, -0.2) is 21.6 Å². The number of nitrogens with zero attached hydrogens (tertiary/aromatic N) is 3. The Bertz CT molecular complexity index is 782. The maximum absolute atomic E-state index is 5.84. The van der Waals surface area contributed by atoms with Gasteiger partial charge in [0.1, 0.15) is 5.58 Å². The number of rotatable bonds is 4. The third kappa shape index (κ3) is 2.65. The Morgan fingerprint density at radius 2 is 2.10 bits per heavy atom. The maximum Gasteiger partial charge on any atom is 0.321 e. The lowest BCUT2D eigenvalue weighted by Crippen LogP contribution is -2.05. The maximum atomic E-state index is 5.84. The van der Waals surface area contributed by atoms with Crippen LogP contribution in [0.4, 0.5) is 5.95 Å². The lowest BCUT2D eigenvalue weighted by atomic mass is 10.2. The second-order valence-electron chi connectivity index (χ2n) is 4.75. The van der Waals surface area contributed by atoms with Gasteiger partial charge in [-0.15, -0.1) is 0 Å². The van der Waals surface area contributed by atoms with Crippen LogP contribution in [0.3, 0.4) is 0 Å². The normalized spacial score (nSPS) is 11.0. The van der Waals surface area contributed by atoms with Crippen LogP contribution in [0.1, 0.15) is 18.9 Å². The molecular weight excluding hydrogens is 268 g/mol. The number of hydrogen-bond donors (Lipinski definition) is 1. The summed E-state index contributed by atoms with van der Waals surface area (Å²) in [5.41, 5.74) is 7.59. The van der Waals surface area contributed by atoms with Crippen molar-refractivity contribution in [1.82, 2.24) is 15.0 Å². The Hall–Kier alpha value is -2.63. The van der Waals surface area contributed by atoms with Gasteiger partial charge in [0.15, 0.2) is 5.76 Å². The monoisotopic (exact) mass is 284 g/mol. The molecule has 0 atom stereocenters. The first-order valence-electron chi connectivity index (χ1n) is 6.81. The van der Waals surface area contributed by atoms with Crippen LogP contribution in [0.15, 0.2) is 28.7 Å². The fourth-order valence-corrected chi connectivity index (χ4v) is 2.06. The number of fused-ring (bicyclic) bond motifs is 1. The van der Waals surface area contributed by atoms with E-state index in [0.717, 1.165) is 23.0 Å². The molecule has 0 saturated carbocycles. The molecule has 0 spiro atoms. The van der Waals surface area contributed by atoms with Crippen LogP contribution < -0.4 is 10.5 Å². The molecule has 6 nitrogen and oxygen atoms in total. The zero-order chi connectivity index (χ0) is 14.8. The summed E-state index contributed by atoms with van der Waals surface area (Å²) in [6, 6.07) is 8.06. The molecule has 6 heteroatoms. The average molecular weight is 284 g/mol. The van der Waals surface area contributed by atoms with E-state index in [0.29, 0.717) is 18.2 Å². The largest absolute Gasteiger partial charge is 0.463 e. The molecule has 21 heavy (non-hydrogen) atoms. The highest BCUT2D eigenvalue weighted by molar-refractivity contribution is 5.84. The first-order chi connectivity index (χ1) is 10.2. The van der Waals surface area contributed by atoms with Crippen molar-refractivity contribution in [3.8, 4) is 17.6 Å². The number of ether oxygens (including phenoxy) is 1. The molecule has 1 aromatic carbocycles. The van der Waals surface area contributed by atoms with Crippen molar-refractivity contribution >= 4 is 16.9 Å². The summed E-state index contributed by atoms with van der Waals surface area (Å²) in [4.78, 5) is 12.3. The molecule has 2 heterocycles. The summed E-state index contributed by atoms with van der Waals surface area (Å²) in [5.74, 6) is 1.04. The van der Waals surface area contributed by atoms with Gasteiger partial charge in [0.05, 0.1) is 6.61 Å². The van der Waals surface area contributed by atoms with Gasteiger partial charge in [-0.2, -0.15) is 15.0 Å². The van der Waals surface area contributed by atoms with Gasteiger partial charge in [-0.25, -0.2) is 0 Å². The summed E-state index contributed by atoms with van der Waals surface area (Å²) < 4.78 is 11.2.